The second kappa shape index (κ2) is 6.07. The standard InChI is InChI=1S/C19H20N4O/c1-14-21-17(11-16-12-20-13-23(14)16)18-9-5-6-10-22(18)19(24)15-7-3-2-4-8-15/h2-4,7-8,11-13,18H,5-6,9-10H2,1H3. The van der Waals surface area contributed by atoms with Gasteiger partial charge >= 0.3 is 0 Å². The van der Waals surface area contributed by atoms with Crippen molar-refractivity contribution in [3.63, 3.8) is 0 Å². The molecule has 1 aliphatic heterocycles. The van der Waals surface area contributed by atoms with Gasteiger partial charge < -0.3 is 4.90 Å². The van der Waals surface area contributed by atoms with Crippen LogP contribution in [0.3, 0.4) is 0 Å². The van der Waals surface area contributed by atoms with E-state index in [1.165, 1.54) is 0 Å². The molecule has 0 aliphatic carbocycles. The van der Waals surface area contributed by atoms with E-state index in [4.69, 9.17) is 4.98 Å². The maximum absolute atomic E-state index is 13.0. The Bertz CT molecular complexity index is 871. The summed E-state index contributed by atoms with van der Waals surface area (Å²) in [5.41, 5.74) is 2.73. The van der Waals surface area contributed by atoms with E-state index >= 15 is 0 Å². The number of hydrogen-bond donors (Lipinski definition) is 0. The van der Waals surface area contributed by atoms with E-state index < -0.39 is 0 Å². The first-order valence-corrected chi connectivity index (χ1v) is 8.39. The number of fused-ring (bicyclic) bond motifs is 1. The zero-order chi connectivity index (χ0) is 16.5. The Hall–Kier alpha value is -2.69. The van der Waals surface area contributed by atoms with Gasteiger partial charge in [-0.2, -0.15) is 0 Å². The third-order valence-electron chi connectivity index (χ3n) is 4.73. The van der Waals surface area contributed by atoms with Gasteiger partial charge in [0.25, 0.3) is 5.91 Å². The van der Waals surface area contributed by atoms with Crippen molar-refractivity contribution < 1.29 is 4.79 Å². The van der Waals surface area contributed by atoms with Gasteiger partial charge in [-0.25, -0.2) is 9.97 Å². The van der Waals surface area contributed by atoms with E-state index in [-0.39, 0.29) is 11.9 Å². The largest absolute Gasteiger partial charge is 0.330 e. The average molecular weight is 320 g/mol. The molecule has 3 aromatic rings. The lowest BCUT2D eigenvalue weighted by Crippen LogP contribution is -2.39. The highest BCUT2D eigenvalue weighted by Crippen LogP contribution is 2.31. The molecule has 1 unspecified atom stereocenters. The molecule has 24 heavy (non-hydrogen) atoms. The fourth-order valence-electron chi connectivity index (χ4n) is 3.51. The van der Waals surface area contributed by atoms with Gasteiger partial charge in [0, 0.05) is 12.1 Å². The SMILES string of the molecule is Cc1nc(C2CCCCN2C(=O)c2ccccc2)cc2cncn12. The van der Waals surface area contributed by atoms with Crippen molar-refractivity contribution in [1.29, 1.82) is 0 Å². The molecule has 3 heterocycles. The highest BCUT2D eigenvalue weighted by molar-refractivity contribution is 5.94. The Morgan fingerprint density at radius 1 is 1.21 bits per heavy atom. The molecule has 1 aliphatic rings. The van der Waals surface area contributed by atoms with Crippen LogP contribution in [0.15, 0.2) is 48.9 Å². The number of piperidine rings is 1. The number of nitrogens with zero attached hydrogens (tertiary/aromatic N) is 4. The van der Waals surface area contributed by atoms with Gasteiger partial charge in [0.2, 0.25) is 0 Å². The van der Waals surface area contributed by atoms with E-state index in [1.54, 1.807) is 6.33 Å². The summed E-state index contributed by atoms with van der Waals surface area (Å²) >= 11 is 0. The minimum absolute atomic E-state index is 0.0325. The first kappa shape index (κ1) is 14.9. The highest BCUT2D eigenvalue weighted by Gasteiger charge is 2.30. The molecule has 1 atom stereocenters. The van der Waals surface area contributed by atoms with Gasteiger partial charge in [-0.1, -0.05) is 18.2 Å². The molecule has 5 heteroatoms. The number of rotatable bonds is 2. The van der Waals surface area contributed by atoms with Crippen LogP contribution in [0.4, 0.5) is 0 Å². The molecule has 1 saturated heterocycles. The zero-order valence-corrected chi connectivity index (χ0v) is 13.7. The molecule has 1 amide bonds. The third-order valence-corrected chi connectivity index (χ3v) is 4.73. The summed E-state index contributed by atoms with van der Waals surface area (Å²) in [6, 6.07) is 11.6. The summed E-state index contributed by atoms with van der Waals surface area (Å²) in [6.07, 6.45) is 6.73. The molecule has 5 nitrogen and oxygen atoms in total. The van der Waals surface area contributed by atoms with Crippen LogP contribution >= 0.6 is 0 Å². The summed E-state index contributed by atoms with van der Waals surface area (Å²) in [4.78, 5) is 23.9. The number of carbonyl (C=O) groups excluding carboxylic acids is 1. The van der Waals surface area contributed by atoms with Crippen molar-refractivity contribution in [2.45, 2.75) is 32.2 Å². The quantitative estimate of drug-likeness (QED) is 0.727. The van der Waals surface area contributed by atoms with Gasteiger partial charge in [0.15, 0.2) is 0 Å². The highest BCUT2D eigenvalue weighted by atomic mass is 16.2. The lowest BCUT2D eigenvalue weighted by Gasteiger charge is -2.35. The molecule has 0 saturated carbocycles. The summed E-state index contributed by atoms with van der Waals surface area (Å²) in [5, 5.41) is 0. The van der Waals surface area contributed by atoms with Crippen molar-refractivity contribution in [2.24, 2.45) is 0 Å². The minimum atomic E-state index is 0.0325. The van der Waals surface area contributed by atoms with Gasteiger partial charge in [-0.15, -0.1) is 0 Å². The van der Waals surface area contributed by atoms with Gasteiger partial charge in [-0.05, 0) is 44.4 Å². The van der Waals surface area contributed by atoms with Crippen molar-refractivity contribution in [3.8, 4) is 0 Å². The number of aromatic nitrogens is 3. The van der Waals surface area contributed by atoms with E-state index in [9.17, 15) is 4.79 Å². The van der Waals surface area contributed by atoms with Crippen LogP contribution in [0.5, 0.6) is 0 Å². The molecular formula is C19H20N4O. The van der Waals surface area contributed by atoms with Crippen LogP contribution < -0.4 is 0 Å². The lowest BCUT2D eigenvalue weighted by atomic mass is 9.97. The summed E-state index contributed by atoms with van der Waals surface area (Å²) in [6.45, 7) is 2.76. The molecule has 4 rings (SSSR count). The molecule has 0 spiro atoms. The predicted molar refractivity (Wildman–Crippen MR) is 91.8 cm³/mol. The fourth-order valence-corrected chi connectivity index (χ4v) is 3.51. The first-order valence-electron chi connectivity index (χ1n) is 8.39. The lowest BCUT2D eigenvalue weighted by molar-refractivity contribution is 0.0605. The van der Waals surface area contributed by atoms with Crippen molar-refractivity contribution in [2.75, 3.05) is 6.54 Å². The first-order chi connectivity index (χ1) is 11.7. The molecule has 0 bridgehead atoms. The van der Waals surface area contributed by atoms with Gasteiger partial charge in [0.05, 0.1) is 23.4 Å². The second-order valence-corrected chi connectivity index (χ2v) is 6.29. The summed E-state index contributed by atoms with van der Waals surface area (Å²) in [7, 11) is 0. The van der Waals surface area contributed by atoms with Crippen LogP contribution in [0.25, 0.3) is 5.52 Å². The zero-order valence-electron chi connectivity index (χ0n) is 13.7. The third kappa shape index (κ3) is 2.56. The monoisotopic (exact) mass is 320 g/mol. The van der Waals surface area contributed by atoms with Crippen molar-refractivity contribution >= 4 is 11.4 Å². The maximum atomic E-state index is 13.0. The summed E-state index contributed by atoms with van der Waals surface area (Å²) in [5.74, 6) is 0.991. The molecular weight excluding hydrogens is 300 g/mol. The molecule has 1 aromatic carbocycles. The van der Waals surface area contributed by atoms with Crippen molar-refractivity contribution in [3.05, 3.63) is 66.0 Å². The van der Waals surface area contributed by atoms with E-state index in [0.717, 1.165) is 48.4 Å². The van der Waals surface area contributed by atoms with E-state index in [0.29, 0.717) is 0 Å². The Morgan fingerprint density at radius 3 is 2.88 bits per heavy atom. The Morgan fingerprint density at radius 2 is 2.04 bits per heavy atom. The number of benzene rings is 1. The number of amides is 1. The van der Waals surface area contributed by atoms with Crippen LogP contribution in [-0.2, 0) is 0 Å². The Labute approximate surface area is 141 Å². The van der Waals surface area contributed by atoms with E-state index in [2.05, 4.69) is 11.1 Å². The second-order valence-electron chi connectivity index (χ2n) is 6.29. The molecule has 122 valence electrons. The number of likely N-dealkylation sites (tertiary alicyclic amines) is 1. The molecule has 2 aromatic heterocycles. The fraction of sp³-hybridized carbons (Fsp3) is 0.316. The van der Waals surface area contributed by atoms with Crippen LogP contribution in [0.1, 0.15) is 47.2 Å². The van der Waals surface area contributed by atoms with E-state index in [1.807, 2.05) is 52.8 Å². The number of aryl methyl sites for hydroxylation is 1. The number of hydrogen-bond acceptors (Lipinski definition) is 3. The average Bonchev–Trinajstić information content (AvgIpc) is 3.11. The smallest absolute Gasteiger partial charge is 0.254 e. The molecule has 0 N–H and O–H groups in total. The van der Waals surface area contributed by atoms with Crippen molar-refractivity contribution in [1.82, 2.24) is 19.3 Å². The number of carbonyl (C=O) groups is 1. The predicted octanol–water partition coefficient (Wildman–Crippen LogP) is 3.41. The normalized spacial score (nSPS) is 18.0. The number of imidazole rings is 1. The van der Waals surface area contributed by atoms with Gasteiger partial charge in [-0.3, -0.25) is 9.20 Å². The summed E-state index contributed by atoms with van der Waals surface area (Å²) < 4.78 is 1.97. The van der Waals surface area contributed by atoms with Crippen LogP contribution in [0, 0.1) is 6.92 Å². The Kier molecular flexibility index (Phi) is 3.76. The maximum Gasteiger partial charge on any atom is 0.254 e. The molecule has 0 radical (unpaired) electrons. The topological polar surface area (TPSA) is 50.5 Å². The van der Waals surface area contributed by atoms with Crippen LogP contribution in [-0.4, -0.2) is 31.7 Å². The van der Waals surface area contributed by atoms with Gasteiger partial charge in [0.1, 0.15) is 12.2 Å². The minimum Gasteiger partial charge on any atom is -0.330 e. The molecule has 1 fully saturated rings. The Balaban J connectivity index is 1.72. The van der Waals surface area contributed by atoms with Crippen LogP contribution in [0.2, 0.25) is 0 Å².